The molecule has 2 fully saturated rings. The standard InChI is InChI=1S/C22H26N4O2/c1-17-5-6-19(24-14-17)21(28)25-12-9-22(10-13-25)8-7-20(27)26(16-22)15-18-4-2-3-11-23-18/h2-6,11,14H,7-10,12-13,15-16H2,1H3. The lowest BCUT2D eigenvalue weighted by molar-refractivity contribution is -0.139. The highest BCUT2D eigenvalue weighted by atomic mass is 16.2. The first-order valence-electron chi connectivity index (χ1n) is 9.94. The van der Waals surface area contributed by atoms with Gasteiger partial charge in [-0.3, -0.25) is 19.6 Å². The van der Waals surface area contributed by atoms with Gasteiger partial charge in [-0.1, -0.05) is 12.1 Å². The molecular formula is C22H26N4O2. The summed E-state index contributed by atoms with van der Waals surface area (Å²) < 4.78 is 0. The molecule has 0 unspecified atom stereocenters. The summed E-state index contributed by atoms with van der Waals surface area (Å²) in [6.07, 6.45) is 6.85. The maximum absolute atomic E-state index is 12.7. The van der Waals surface area contributed by atoms with Crippen LogP contribution in [0.4, 0.5) is 0 Å². The molecule has 0 aliphatic carbocycles. The SMILES string of the molecule is Cc1ccc(C(=O)N2CCC3(CCC(=O)N(Cc4ccccn4)C3)CC2)nc1. The third-order valence-electron chi connectivity index (χ3n) is 6.07. The van der Waals surface area contributed by atoms with E-state index in [2.05, 4.69) is 9.97 Å². The largest absolute Gasteiger partial charge is 0.337 e. The van der Waals surface area contributed by atoms with Crippen LogP contribution in [0, 0.1) is 12.3 Å². The lowest BCUT2D eigenvalue weighted by Crippen LogP contribution is -2.52. The number of carbonyl (C=O) groups excluding carboxylic acids is 2. The Morgan fingerprint density at radius 3 is 2.61 bits per heavy atom. The van der Waals surface area contributed by atoms with Crippen molar-refractivity contribution in [1.82, 2.24) is 19.8 Å². The molecule has 146 valence electrons. The number of hydrogen-bond acceptors (Lipinski definition) is 4. The molecule has 6 nitrogen and oxygen atoms in total. The Morgan fingerprint density at radius 1 is 1.11 bits per heavy atom. The van der Waals surface area contributed by atoms with Gasteiger partial charge in [0.2, 0.25) is 5.91 Å². The lowest BCUT2D eigenvalue weighted by atomic mass is 9.72. The van der Waals surface area contributed by atoms with Gasteiger partial charge in [-0.2, -0.15) is 0 Å². The fraction of sp³-hybridized carbons (Fsp3) is 0.455. The van der Waals surface area contributed by atoms with Crippen LogP contribution in [0.3, 0.4) is 0 Å². The van der Waals surface area contributed by atoms with Crippen LogP contribution in [0.5, 0.6) is 0 Å². The Balaban J connectivity index is 1.39. The van der Waals surface area contributed by atoms with Crippen molar-refractivity contribution in [3.63, 3.8) is 0 Å². The van der Waals surface area contributed by atoms with Crippen LogP contribution in [0.15, 0.2) is 42.7 Å². The summed E-state index contributed by atoms with van der Waals surface area (Å²) in [7, 11) is 0. The summed E-state index contributed by atoms with van der Waals surface area (Å²) in [5, 5.41) is 0. The van der Waals surface area contributed by atoms with Crippen molar-refractivity contribution in [1.29, 1.82) is 0 Å². The highest BCUT2D eigenvalue weighted by molar-refractivity contribution is 5.92. The maximum atomic E-state index is 12.7. The zero-order chi connectivity index (χ0) is 19.6. The Morgan fingerprint density at radius 2 is 1.93 bits per heavy atom. The minimum absolute atomic E-state index is 0.00655. The monoisotopic (exact) mass is 378 g/mol. The Bertz CT molecular complexity index is 843. The number of amides is 2. The molecule has 2 aromatic heterocycles. The molecule has 2 aliphatic heterocycles. The minimum Gasteiger partial charge on any atom is -0.337 e. The van der Waals surface area contributed by atoms with Crippen molar-refractivity contribution < 1.29 is 9.59 Å². The second-order valence-corrected chi connectivity index (χ2v) is 8.08. The molecule has 0 saturated carbocycles. The van der Waals surface area contributed by atoms with Gasteiger partial charge in [0.25, 0.3) is 5.91 Å². The Labute approximate surface area is 165 Å². The van der Waals surface area contributed by atoms with E-state index in [4.69, 9.17) is 0 Å². The first kappa shape index (κ1) is 18.6. The average molecular weight is 378 g/mol. The van der Waals surface area contributed by atoms with Gasteiger partial charge in [0.05, 0.1) is 12.2 Å². The molecule has 0 atom stereocenters. The van der Waals surface area contributed by atoms with Crippen LogP contribution in [0.2, 0.25) is 0 Å². The quantitative estimate of drug-likeness (QED) is 0.824. The second kappa shape index (κ2) is 7.70. The number of hydrogen-bond donors (Lipinski definition) is 0. The summed E-state index contributed by atoms with van der Waals surface area (Å²) in [4.78, 5) is 37.7. The fourth-order valence-electron chi connectivity index (χ4n) is 4.28. The van der Waals surface area contributed by atoms with Crippen LogP contribution in [0.25, 0.3) is 0 Å². The number of aryl methyl sites for hydroxylation is 1. The lowest BCUT2D eigenvalue weighted by Gasteiger charge is -2.47. The zero-order valence-corrected chi connectivity index (χ0v) is 16.3. The van der Waals surface area contributed by atoms with Crippen LogP contribution in [-0.2, 0) is 11.3 Å². The van der Waals surface area contributed by atoms with E-state index in [9.17, 15) is 9.59 Å². The number of carbonyl (C=O) groups is 2. The van der Waals surface area contributed by atoms with E-state index >= 15 is 0 Å². The highest BCUT2D eigenvalue weighted by Crippen LogP contribution is 2.40. The van der Waals surface area contributed by atoms with Crippen molar-refractivity contribution in [3.8, 4) is 0 Å². The van der Waals surface area contributed by atoms with E-state index in [1.54, 1.807) is 18.5 Å². The number of rotatable bonds is 3. The number of piperidine rings is 2. The summed E-state index contributed by atoms with van der Waals surface area (Å²) in [6.45, 7) is 4.73. The molecular weight excluding hydrogens is 352 g/mol. The molecule has 2 aromatic rings. The molecule has 2 saturated heterocycles. The minimum atomic E-state index is 0.00655. The van der Waals surface area contributed by atoms with Gasteiger partial charge < -0.3 is 9.80 Å². The highest BCUT2D eigenvalue weighted by Gasteiger charge is 2.41. The summed E-state index contributed by atoms with van der Waals surface area (Å²) in [5.41, 5.74) is 2.59. The summed E-state index contributed by atoms with van der Waals surface area (Å²) >= 11 is 0. The van der Waals surface area contributed by atoms with Crippen molar-refractivity contribution in [2.24, 2.45) is 5.41 Å². The molecule has 0 N–H and O–H groups in total. The van der Waals surface area contributed by atoms with Gasteiger partial charge in [0.1, 0.15) is 5.69 Å². The molecule has 2 amide bonds. The van der Waals surface area contributed by atoms with Crippen LogP contribution in [-0.4, -0.2) is 51.2 Å². The van der Waals surface area contributed by atoms with Gasteiger partial charge in [-0.05, 0) is 55.4 Å². The first-order chi connectivity index (χ1) is 13.5. The third-order valence-corrected chi connectivity index (χ3v) is 6.07. The van der Waals surface area contributed by atoms with Crippen LogP contribution in [0.1, 0.15) is 47.4 Å². The molecule has 0 bridgehead atoms. The predicted octanol–water partition coefficient (Wildman–Crippen LogP) is 2.83. The van der Waals surface area contributed by atoms with Crippen molar-refractivity contribution in [2.45, 2.75) is 39.2 Å². The number of nitrogens with zero attached hydrogens (tertiary/aromatic N) is 4. The van der Waals surface area contributed by atoms with E-state index in [1.165, 1.54) is 0 Å². The smallest absolute Gasteiger partial charge is 0.272 e. The van der Waals surface area contributed by atoms with Gasteiger partial charge in [-0.25, -0.2) is 0 Å². The van der Waals surface area contributed by atoms with Gasteiger partial charge >= 0.3 is 0 Å². The van der Waals surface area contributed by atoms with E-state index in [1.807, 2.05) is 41.0 Å². The van der Waals surface area contributed by atoms with Crippen molar-refractivity contribution >= 4 is 11.8 Å². The fourth-order valence-corrected chi connectivity index (χ4v) is 4.28. The van der Waals surface area contributed by atoms with E-state index < -0.39 is 0 Å². The molecule has 4 heterocycles. The average Bonchev–Trinajstić information content (AvgIpc) is 2.72. The molecule has 28 heavy (non-hydrogen) atoms. The number of aromatic nitrogens is 2. The summed E-state index contributed by atoms with van der Waals surface area (Å²) in [6, 6.07) is 9.53. The maximum Gasteiger partial charge on any atom is 0.272 e. The number of likely N-dealkylation sites (tertiary alicyclic amines) is 2. The van der Waals surface area contributed by atoms with Crippen LogP contribution < -0.4 is 0 Å². The van der Waals surface area contributed by atoms with Gasteiger partial charge in [0.15, 0.2) is 0 Å². The normalized spacial score (nSPS) is 19.1. The Hall–Kier alpha value is -2.76. The van der Waals surface area contributed by atoms with E-state index in [-0.39, 0.29) is 17.2 Å². The molecule has 1 spiro atoms. The molecule has 0 aromatic carbocycles. The molecule has 2 aliphatic rings. The molecule has 0 radical (unpaired) electrons. The van der Waals surface area contributed by atoms with E-state index in [0.29, 0.717) is 18.7 Å². The number of pyridine rings is 2. The van der Waals surface area contributed by atoms with Crippen molar-refractivity contribution in [3.05, 3.63) is 59.7 Å². The van der Waals surface area contributed by atoms with Gasteiger partial charge in [-0.15, -0.1) is 0 Å². The molecule has 4 rings (SSSR count). The van der Waals surface area contributed by atoms with E-state index in [0.717, 1.165) is 50.2 Å². The third kappa shape index (κ3) is 3.91. The molecule has 6 heteroatoms. The Kier molecular flexibility index (Phi) is 5.11. The van der Waals surface area contributed by atoms with Gasteiger partial charge in [0, 0.05) is 38.4 Å². The van der Waals surface area contributed by atoms with Crippen LogP contribution >= 0.6 is 0 Å². The first-order valence-corrected chi connectivity index (χ1v) is 9.94. The zero-order valence-electron chi connectivity index (χ0n) is 16.3. The second-order valence-electron chi connectivity index (χ2n) is 8.08. The van der Waals surface area contributed by atoms with Crippen molar-refractivity contribution in [2.75, 3.05) is 19.6 Å². The predicted molar refractivity (Wildman–Crippen MR) is 105 cm³/mol. The topological polar surface area (TPSA) is 66.4 Å². The summed E-state index contributed by atoms with van der Waals surface area (Å²) in [5.74, 6) is 0.214.